The van der Waals surface area contributed by atoms with Gasteiger partial charge in [0.15, 0.2) is 5.65 Å². The Labute approximate surface area is 219 Å². The monoisotopic (exact) mass is 511 g/mol. The van der Waals surface area contributed by atoms with Gasteiger partial charge in [-0.1, -0.05) is 12.1 Å². The van der Waals surface area contributed by atoms with Gasteiger partial charge in [0.25, 0.3) is 5.91 Å². The Balaban J connectivity index is 1.32. The second-order valence-corrected chi connectivity index (χ2v) is 9.83. The van der Waals surface area contributed by atoms with Gasteiger partial charge in [0.2, 0.25) is 17.8 Å². The Bertz CT molecular complexity index is 1510. The number of aryl methyl sites for hydroxylation is 1. The lowest BCUT2D eigenvalue weighted by Gasteiger charge is -2.36. The molecule has 1 fully saturated rings. The molecule has 0 radical (unpaired) electrons. The van der Waals surface area contributed by atoms with Crippen molar-refractivity contribution in [3.05, 3.63) is 65.9 Å². The molecule has 4 heterocycles. The number of amides is 2. The van der Waals surface area contributed by atoms with Crippen LogP contribution in [0.4, 0.5) is 29.0 Å². The number of hydrogen-bond donors (Lipinski definition) is 4. The SMILES string of the molecule is CN1CC(NC(=O)c2cccc(Nc3nc4nc5c(cnn35)CCCCC(=O)Nc3cccc(c3)N4)c2)C1. The molecule has 2 aliphatic heterocycles. The number of benzene rings is 2. The van der Waals surface area contributed by atoms with E-state index in [1.165, 1.54) is 0 Å². The summed E-state index contributed by atoms with van der Waals surface area (Å²) in [4.78, 5) is 36.7. The number of hydrogen-bond acceptors (Lipinski definition) is 8. The highest BCUT2D eigenvalue weighted by Gasteiger charge is 2.25. The van der Waals surface area contributed by atoms with Gasteiger partial charge >= 0.3 is 0 Å². The number of aromatic nitrogens is 4. The van der Waals surface area contributed by atoms with Gasteiger partial charge in [-0.25, -0.2) is 0 Å². The zero-order valence-electron chi connectivity index (χ0n) is 21.1. The molecule has 1 saturated heterocycles. The number of likely N-dealkylation sites (tertiary alicyclic amines) is 1. The highest BCUT2D eigenvalue weighted by Crippen LogP contribution is 2.25. The second-order valence-electron chi connectivity index (χ2n) is 9.83. The van der Waals surface area contributed by atoms with E-state index < -0.39 is 0 Å². The van der Waals surface area contributed by atoms with Crippen molar-refractivity contribution in [1.82, 2.24) is 29.8 Å². The van der Waals surface area contributed by atoms with E-state index in [1.807, 2.05) is 43.4 Å². The third-order valence-electron chi connectivity index (χ3n) is 6.72. The quantitative estimate of drug-likeness (QED) is 0.329. The fourth-order valence-corrected chi connectivity index (χ4v) is 4.79. The van der Waals surface area contributed by atoms with Crippen LogP contribution in [0.2, 0.25) is 0 Å². The number of nitrogens with one attached hydrogen (secondary N) is 4. The summed E-state index contributed by atoms with van der Waals surface area (Å²) in [5.74, 6) is 0.761. The van der Waals surface area contributed by atoms with Crippen molar-refractivity contribution >= 4 is 46.4 Å². The lowest BCUT2D eigenvalue weighted by atomic mass is 10.1. The second kappa shape index (κ2) is 10.1. The first-order valence-electron chi connectivity index (χ1n) is 12.8. The number of carbonyl (C=O) groups is 2. The maximum absolute atomic E-state index is 12.8. The average molecular weight is 512 g/mol. The molecule has 6 rings (SSSR count). The maximum atomic E-state index is 12.8. The molecule has 0 unspecified atom stereocenters. The molecule has 0 saturated carbocycles. The summed E-state index contributed by atoms with van der Waals surface area (Å²) in [6.45, 7) is 1.71. The van der Waals surface area contributed by atoms with E-state index >= 15 is 0 Å². The zero-order chi connectivity index (χ0) is 26.1. The predicted molar refractivity (Wildman–Crippen MR) is 145 cm³/mol. The van der Waals surface area contributed by atoms with Crippen LogP contribution in [0.25, 0.3) is 5.65 Å². The summed E-state index contributed by atoms with van der Waals surface area (Å²) in [5, 5.41) is 17.2. The molecule has 2 aliphatic rings. The van der Waals surface area contributed by atoms with Crippen molar-refractivity contribution in [3.8, 4) is 0 Å². The van der Waals surface area contributed by atoms with E-state index in [1.54, 1.807) is 22.8 Å². The van der Waals surface area contributed by atoms with Crippen LogP contribution in [-0.2, 0) is 11.2 Å². The minimum absolute atomic E-state index is 0.00319. The summed E-state index contributed by atoms with van der Waals surface area (Å²) < 4.78 is 1.67. The van der Waals surface area contributed by atoms with Crippen LogP contribution in [-0.4, -0.2) is 62.5 Å². The Morgan fingerprint density at radius 1 is 1.00 bits per heavy atom. The van der Waals surface area contributed by atoms with Crippen LogP contribution in [0.5, 0.6) is 0 Å². The molecule has 4 N–H and O–H groups in total. The molecule has 0 aliphatic carbocycles. The van der Waals surface area contributed by atoms with E-state index in [0.717, 1.165) is 43.6 Å². The van der Waals surface area contributed by atoms with E-state index in [9.17, 15) is 9.59 Å². The topological polar surface area (TPSA) is 129 Å². The Hall–Kier alpha value is -4.51. The first-order chi connectivity index (χ1) is 18.5. The van der Waals surface area contributed by atoms with Gasteiger partial charge in [-0.05, 0) is 62.7 Å². The molecule has 2 aromatic heterocycles. The Kier molecular flexibility index (Phi) is 6.34. The van der Waals surface area contributed by atoms with E-state index in [2.05, 4.69) is 31.3 Å². The number of anilines is 5. The van der Waals surface area contributed by atoms with Crippen LogP contribution in [0, 0.1) is 0 Å². The minimum atomic E-state index is -0.100. The van der Waals surface area contributed by atoms with Crippen molar-refractivity contribution in [2.45, 2.75) is 31.7 Å². The number of rotatable bonds is 4. The molecular weight excluding hydrogens is 482 g/mol. The van der Waals surface area contributed by atoms with Crippen molar-refractivity contribution in [1.29, 1.82) is 0 Å². The summed E-state index contributed by atoms with van der Waals surface area (Å²) in [6.07, 6.45) is 4.58. The third kappa shape index (κ3) is 5.14. The third-order valence-corrected chi connectivity index (χ3v) is 6.72. The molecule has 0 spiro atoms. The van der Waals surface area contributed by atoms with Gasteiger partial charge in [0.05, 0.1) is 12.2 Å². The number of nitrogens with zero attached hydrogens (tertiary/aromatic N) is 5. The van der Waals surface area contributed by atoms with Crippen LogP contribution < -0.4 is 21.3 Å². The molecule has 4 bridgehead atoms. The Morgan fingerprint density at radius 2 is 1.79 bits per heavy atom. The molecular formula is C27H29N9O2. The van der Waals surface area contributed by atoms with E-state index in [-0.39, 0.29) is 17.9 Å². The minimum Gasteiger partial charge on any atom is -0.347 e. The number of carbonyl (C=O) groups excluding carboxylic acids is 2. The fraction of sp³-hybridized carbons (Fsp3) is 0.296. The van der Waals surface area contributed by atoms with E-state index in [4.69, 9.17) is 9.97 Å². The largest absolute Gasteiger partial charge is 0.347 e. The zero-order valence-corrected chi connectivity index (χ0v) is 21.1. The summed E-state index contributed by atoms with van der Waals surface area (Å²) in [5.41, 5.74) is 4.41. The van der Waals surface area contributed by atoms with Gasteiger partial charge in [-0.15, -0.1) is 0 Å². The van der Waals surface area contributed by atoms with Gasteiger partial charge < -0.3 is 26.2 Å². The molecule has 194 valence electrons. The first kappa shape index (κ1) is 23.9. The average Bonchev–Trinajstić information content (AvgIpc) is 3.29. The summed E-state index contributed by atoms with van der Waals surface area (Å²) in [6, 6.07) is 15.0. The molecule has 2 amide bonds. The van der Waals surface area contributed by atoms with Gasteiger partial charge in [0, 0.05) is 47.7 Å². The van der Waals surface area contributed by atoms with Crippen LogP contribution in [0.3, 0.4) is 0 Å². The highest BCUT2D eigenvalue weighted by molar-refractivity contribution is 5.95. The standard InChI is InChI=1S/C27H29N9O2/c1-35-15-22(16-35)30-25(38)17-7-4-8-19(12-17)32-27-34-26-31-21-10-5-9-20(13-21)29-23(37)11-3-2-6-18-14-28-36(27)24(18)33-26/h4-5,7-10,12-14,22H,2-3,6,11,15-16H2,1H3,(H,29,37)(H,30,38)(H2,31,32,33,34). The molecule has 2 aromatic carbocycles. The molecule has 11 heteroatoms. The van der Waals surface area contributed by atoms with Crippen LogP contribution >= 0.6 is 0 Å². The highest BCUT2D eigenvalue weighted by atomic mass is 16.2. The lowest BCUT2D eigenvalue weighted by Crippen LogP contribution is -2.57. The summed E-state index contributed by atoms with van der Waals surface area (Å²) >= 11 is 0. The van der Waals surface area contributed by atoms with Gasteiger partial charge in [0.1, 0.15) is 0 Å². The lowest BCUT2D eigenvalue weighted by molar-refractivity contribution is -0.116. The summed E-state index contributed by atoms with van der Waals surface area (Å²) in [7, 11) is 2.03. The van der Waals surface area contributed by atoms with Crippen molar-refractivity contribution in [2.24, 2.45) is 0 Å². The maximum Gasteiger partial charge on any atom is 0.251 e. The smallest absolute Gasteiger partial charge is 0.251 e. The van der Waals surface area contributed by atoms with Gasteiger partial charge in [-0.3, -0.25) is 9.59 Å². The van der Waals surface area contributed by atoms with Crippen molar-refractivity contribution < 1.29 is 9.59 Å². The van der Waals surface area contributed by atoms with Crippen molar-refractivity contribution in [3.63, 3.8) is 0 Å². The van der Waals surface area contributed by atoms with Gasteiger partial charge in [-0.2, -0.15) is 19.6 Å². The van der Waals surface area contributed by atoms with Crippen LogP contribution in [0.15, 0.2) is 54.7 Å². The first-order valence-corrected chi connectivity index (χ1v) is 12.8. The van der Waals surface area contributed by atoms with E-state index in [0.29, 0.717) is 40.9 Å². The Morgan fingerprint density at radius 3 is 2.63 bits per heavy atom. The van der Waals surface area contributed by atoms with Crippen molar-refractivity contribution in [2.75, 3.05) is 36.1 Å². The normalized spacial score (nSPS) is 16.3. The molecule has 0 atom stereocenters. The van der Waals surface area contributed by atoms with Crippen LogP contribution in [0.1, 0.15) is 35.2 Å². The molecule has 38 heavy (non-hydrogen) atoms. The number of likely N-dealkylation sites (N-methyl/N-ethyl adjacent to an activating group) is 1. The number of fused-ring (bicyclic) bond motifs is 3. The predicted octanol–water partition coefficient (Wildman–Crippen LogP) is 3.32. The fourth-order valence-electron chi connectivity index (χ4n) is 4.79. The molecule has 11 nitrogen and oxygen atoms in total. The molecule has 4 aromatic rings.